The Kier molecular flexibility index (Phi) is 14.6. The van der Waals surface area contributed by atoms with E-state index in [1.807, 2.05) is 18.7 Å². The monoisotopic (exact) mass is 1030 g/mol. The van der Waals surface area contributed by atoms with Crippen molar-refractivity contribution in [1.29, 1.82) is 0 Å². The van der Waals surface area contributed by atoms with E-state index in [-0.39, 0.29) is 78.6 Å². The lowest BCUT2D eigenvalue weighted by atomic mass is 9.58. The van der Waals surface area contributed by atoms with Gasteiger partial charge in [-0.25, -0.2) is 19.6 Å². The lowest BCUT2D eigenvalue weighted by molar-refractivity contribution is -0.577. The zero-order valence-corrected chi connectivity index (χ0v) is 44.1. The van der Waals surface area contributed by atoms with Gasteiger partial charge in [0.05, 0.1) is 24.3 Å². The molecule has 9 saturated heterocycles. The SMILES string of the molecule is C[C@H]1[C@@H](OCCN(CCO[C@H]2O[C@@H]3O[C@@]4(C)CC[C@H]5[C@H](C)CC[C@@H]([C@H]2C)[C@@]35OO4)C(=O)CCCCCCCNc2cccc3c2C(=O)N(C2CCC(=O)NC2=O)C3=O)O[C@@H]2O[C@@]3(C)CC[C@H]4[C@H](C)CC[C@@H]1[C@@]24OO3. The number of unbranched alkanes of at least 4 members (excludes halogenated alkanes) is 4. The van der Waals surface area contributed by atoms with Crippen LogP contribution in [0.3, 0.4) is 0 Å². The van der Waals surface area contributed by atoms with Crippen molar-refractivity contribution in [2.75, 3.05) is 38.2 Å². The van der Waals surface area contributed by atoms with E-state index >= 15 is 0 Å². The molecule has 13 rings (SSSR count). The van der Waals surface area contributed by atoms with Crippen LogP contribution in [0.1, 0.15) is 165 Å². The van der Waals surface area contributed by atoms with E-state index < -0.39 is 77.6 Å². The van der Waals surface area contributed by atoms with Gasteiger partial charge in [-0.15, -0.1) is 0 Å². The first-order valence-electron chi connectivity index (χ1n) is 28.1. The maximum absolute atomic E-state index is 14.2. The predicted molar refractivity (Wildman–Crippen MR) is 261 cm³/mol. The van der Waals surface area contributed by atoms with Gasteiger partial charge in [0.2, 0.25) is 29.3 Å². The molecule has 1 aromatic rings. The van der Waals surface area contributed by atoms with Crippen LogP contribution in [-0.2, 0) is 62.4 Å². The maximum atomic E-state index is 14.2. The molecule has 12 aliphatic rings. The molecule has 0 aromatic heterocycles. The van der Waals surface area contributed by atoms with Crippen molar-refractivity contribution < 1.29 is 71.9 Å². The summed E-state index contributed by atoms with van der Waals surface area (Å²) in [7, 11) is 0. The summed E-state index contributed by atoms with van der Waals surface area (Å²) < 4.78 is 39.8. The highest BCUT2D eigenvalue weighted by Crippen LogP contribution is 2.62. The standard InChI is InChI=1S/C55H78N4O15/c1-31-16-18-38-33(3)48(67-50-54(38)36(31)22-24-52(5,69-50)71-73-54)65-29-27-58(28-30-66-49-34(4)39-19-17-32(2)37-23-25-53(6)70-51(68-49)55(37,39)74-72-53)43(61)15-10-8-7-9-11-26-56-40-14-12-13-35-44(40)47(64)59(46(35)63)41-20-21-42(60)57-45(41)62/h12-14,31-34,36-39,41,48-51,56H,7-11,15-30H2,1-6H3,(H,57,60,62)/t31-,32-,33-,34-,36+,37+,38+,39+,41?,48+,49+,50-,51-,52-,53-,54-,55-/m1/s1. The van der Waals surface area contributed by atoms with Crippen LogP contribution in [0.25, 0.3) is 0 Å². The van der Waals surface area contributed by atoms with Gasteiger partial charge >= 0.3 is 0 Å². The summed E-state index contributed by atoms with van der Waals surface area (Å²) in [6.45, 7) is 14.6. The number of piperidine rings is 1. The van der Waals surface area contributed by atoms with E-state index in [1.54, 1.807) is 18.2 Å². The Morgan fingerprint density at radius 3 is 1.85 bits per heavy atom. The summed E-state index contributed by atoms with van der Waals surface area (Å²) in [6.07, 6.45) is 9.80. The number of fused-ring (bicyclic) bond motifs is 5. The zero-order chi connectivity index (χ0) is 51.7. The highest BCUT2D eigenvalue weighted by atomic mass is 17.3. The molecule has 2 spiro atoms. The second-order valence-electron chi connectivity index (χ2n) is 23.8. The van der Waals surface area contributed by atoms with Crippen LogP contribution in [0.5, 0.6) is 0 Å². The predicted octanol–water partition coefficient (Wildman–Crippen LogP) is 7.12. The summed E-state index contributed by atoms with van der Waals surface area (Å²) in [4.78, 5) is 92.9. The third kappa shape index (κ3) is 9.13. The summed E-state index contributed by atoms with van der Waals surface area (Å²) in [6, 6.07) is 4.05. The van der Waals surface area contributed by atoms with Crippen molar-refractivity contribution in [3.8, 4) is 0 Å². The normalized spacial score (nSPS) is 42.0. The van der Waals surface area contributed by atoms with Crippen molar-refractivity contribution in [2.24, 2.45) is 47.3 Å². The Bertz CT molecular complexity index is 2240. The number of imide groups is 2. The lowest BCUT2D eigenvalue weighted by Crippen LogP contribution is -2.70. The molecule has 10 aliphatic heterocycles. The van der Waals surface area contributed by atoms with Crippen LogP contribution >= 0.6 is 0 Å². The Balaban J connectivity index is 0.692. The molecule has 2 saturated carbocycles. The number of carbonyl (C=O) groups is 5. The fourth-order valence-corrected chi connectivity index (χ4v) is 15.0. The zero-order valence-electron chi connectivity index (χ0n) is 44.1. The van der Waals surface area contributed by atoms with Gasteiger partial charge in [-0.1, -0.05) is 53.0 Å². The van der Waals surface area contributed by atoms with Gasteiger partial charge in [-0.05, 0) is 107 Å². The number of rotatable bonds is 18. The number of ether oxygens (including phenoxy) is 6. The third-order valence-corrected chi connectivity index (χ3v) is 19.2. The second-order valence-corrected chi connectivity index (χ2v) is 23.8. The number of nitrogens with zero attached hydrogens (tertiary/aromatic N) is 2. The van der Waals surface area contributed by atoms with Crippen LogP contribution < -0.4 is 10.6 Å². The van der Waals surface area contributed by atoms with E-state index in [1.165, 1.54) is 0 Å². The smallest absolute Gasteiger partial charge is 0.264 e. The number of nitrogens with one attached hydrogen (secondary N) is 2. The molecule has 74 heavy (non-hydrogen) atoms. The molecule has 17 atom stereocenters. The van der Waals surface area contributed by atoms with E-state index in [9.17, 15) is 24.0 Å². The fraction of sp³-hybridized carbons (Fsp3) is 0.800. The maximum Gasteiger partial charge on any atom is 0.264 e. The summed E-state index contributed by atoms with van der Waals surface area (Å²) in [5.74, 6) is -2.23. The molecule has 5 amide bonds. The number of amides is 5. The van der Waals surface area contributed by atoms with Crippen LogP contribution in [0.15, 0.2) is 18.2 Å². The average Bonchev–Trinajstić information content (AvgIpc) is 3.59. The van der Waals surface area contributed by atoms with Crippen LogP contribution in [0, 0.1) is 47.3 Å². The highest BCUT2D eigenvalue weighted by molar-refractivity contribution is 6.25. The van der Waals surface area contributed by atoms with Crippen LogP contribution in [0.4, 0.5) is 5.69 Å². The highest BCUT2D eigenvalue weighted by Gasteiger charge is 2.71. The van der Waals surface area contributed by atoms with E-state index in [2.05, 4.69) is 38.3 Å². The first-order valence-corrected chi connectivity index (χ1v) is 28.1. The van der Waals surface area contributed by atoms with Crippen molar-refractivity contribution >= 4 is 35.2 Å². The number of benzene rings is 1. The van der Waals surface area contributed by atoms with Gasteiger partial charge in [0.15, 0.2) is 36.4 Å². The van der Waals surface area contributed by atoms with Gasteiger partial charge in [0.1, 0.15) is 6.04 Å². The molecule has 408 valence electrons. The number of carbonyl (C=O) groups excluding carboxylic acids is 5. The summed E-state index contributed by atoms with van der Waals surface area (Å²) >= 11 is 0. The van der Waals surface area contributed by atoms with Crippen LogP contribution in [0.2, 0.25) is 0 Å². The topological polar surface area (TPSA) is 208 Å². The van der Waals surface area contributed by atoms with Gasteiger partial charge < -0.3 is 38.6 Å². The largest absolute Gasteiger partial charge is 0.384 e. The minimum atomic E-state index is -1.02. The second kappa shape index (κ2) is 20.6. The van der Waals surface area contributed by atoms with E-state index in [4.69, 9.17) is 48.0 Å². The van der Waals surface area contributed by atoms with E-state index in [0.29, 0.717) is 50.0 Å². The molecular formula is C55H78N4O15. The first kappa shape index (κ1) is 52.4. The molecule has 2 N–H and O–H groups in total. The van der Waals surface area contributed by atoms with Gasteiger partial charge in [0, 0.05) is 74.7 Å². The lowest BCUT2D eigenvalue weighted by Gasteiger charge is -2.60. The van der Waals surface area contributed by atoms with Gasteiger partial charge in [-0.3, -0.25) is 34.2 Å². The van der Waals surface area contributed by atoms with Gasteiger partial charge in [-0.2, -0.15) is 0 Å². The summed E-state index contributed by atoms with van der Waals surface area (Å²) in [5, 5.41) is 5.58. The van der Waals surface area contributed by atoms with E-state index in [0.717, 1.165) is 81.9 Å². The Hall–Kier alpha value is -3.63. The Morgan fingerprint density at radius 2 is 1.27 bits per heavy atom. The average molecular weight is 1040 g/mol. The first-order chi connectivity index (χ1) is 35.6. The quantitative estimate of drug-likeness (QED) is 0.0853. The number of hydrogen-bond donors (Lipinski definition) is 2. The Morgan fingerprint density at radius 1 is 0.703 bits per heavy atom. The number of anilines is 1. The van der Waals surface area contributed by atoms with Crippen LogP contribution in [-0.4, -0.2) is 126 Å². The number of hydrogen-bond acceptors (Lipinski definition) is 16. The third-order valence-electron chi connectivity index (χ3n) is 19.2. The minimum Gasteiger partial charge on any atom is -0.384 e. The molecule has 1 aromatic carbocycles. The molecular weight excluding hydrogens is 957 g/mol. The minimum absolute atomic E-state index is 0.00264. The molecule has 1 unspecified atom stereocenters. The Labute approximate surface area is 434 Å². The molecule has 0 radical (unpaired) electrons. The molecule has 19 heteroatoms. The molecule has 4 bridgehead atoms. The molecule has 19 nitrogen and oxygen atoms in total. The molecule has 11 fully saturated rings. The van der Waals surface area contributed by atoms with Crippen molar-refractivity contribution in [2.45, 2.75) is 198 Å². The fourth-order valence-electron chi connectivity index (χ4n) is 15.0. The molecule has 2 aliphatic carbocycles. The summed E-state index contributed by atoms with van der Waals surface area (Å²) in [5.41, 5.74) is -0.354. The van der Waals surface area contributed by atoms with Crippen molar-refractivity contribution in [3.63, 3.8) is 0 Å². The van der Waals surface area contributed by atoms with Crippen molar-refractivity contribution in [3.05, 3.63) is 29.3 Å². The van der Waals surface area contributed by atoms with Gasteiger partial charge in [0.25, 0.3) is 11.8 Å². The van der Waals surface area contributed by atoms with Crippen molar-refractivity contribution in [1.82, 2.24) is 15.1 Å². The molecule has 10 heterocycles.